The van der Waals surface area contributed by atoms with Crippen molar-refractivity contribution < 1.29 is 4.74 Å². The Balaban J connectivity index is 2.38. The molecule has 0 fully saturated rings. The highest BCUT2D eigenvalue weighted by molar-refractivity contribution is 7.80. The Morgan fingerprint density at radius 2 is 2.31 bits per heavy atom. The van der Waals surface area contributed by atoms with Gasteiger partial charge in [0.1, 0.15) is 0 Å². The molecule has 2 rings (SSSR count). The number of fused-ring (bicyclic) bond motifs is 1. The number of likely N-dealkylation sites (N-methyl/N-ethyl adjacent to an activating group) is 1. The van der Waals surface area contributed by atoms with E-state index in [1.807, 2.05) is 6.92 Å². The minimum absolute atomic E-state index is 0.0115. The van der Waals surface area contributed by atoms with Crippen molar-refractivity contribution in [2.75, 3.05) is 20.7 Å². The lowest BCUT2D eigenvalue weighted by Crippen LogP contribution is -2.27. The molecule has 1 aromatic heterocycles. The van der Waals surface area contributed by atoms with E-state index >= 15 is 0 Å². The molecule has 0 saturated carbocycles. The maximum absolute atomic E-state index is 5.31. The minimum atomic E-state index is 0.0115. The van der Waals surface area contributed by atoms with Crippen molar-refractivity contribution in [1.82, 2.24) is 9.88 Å². The Morgan fingerprint density at radius 3 is 3.00 bits per heavy atom. The lowest BCUT2D eigenvalue weighted by atomic mass is 10.0. The molecule has 1 aliphatic heterocycles. The number of pyridine rings is 1. The normalized spacial score (nSPS) is 18.2. The summed E-state index contributed by atoms with van der Waals surface area (Å²) in [5.74, 6) is 0. The largest absolute Gasteiger partial charge is 0.375 e. The second-order valence-corrected chi connectivity index (χ2v) is 4.85. The van der Waals surface area contributed by atoms with Crippen LogP contribution in [0.25, 0.3) is 0 Å². The van der Waals surface area contributed by atoms with E-state index in [2.05, 4.69) is 35.6 Å². The van der Waals surface area contributed by atoms with Crippen LogP contribution in [-0.2, 0) is 17.7 Å². The van der Waals surface area contributed by atoms with Gasteiger partial charge in [0.25, 0.3) is 0 Å². The van der Waals surface area contributed by atoms with Gasteiger partial charge in [0.15, 0.2) is 0 Å². The summed E-state index contributed by atoms with van der Waals surface area (Å²) in [6.45, 7) is 4.05. The SMILES string of the molecule is COC(C)c1nc2c(cc1S)CN(C)CC2. The molecule has 0 aromatic carbocycles. The zero-order valence-electron chi connectivity index (χ0n) is 10.0. The van der Waals surface area contributed by atoms with Gasteiger partial charge in [-0.1, -0.05) is 0 Å². The topological polar surface area (TPSA) is 25.4 Å². The summed E-state index contributed by atoms with van der Waals surface area (Å²) in [6.07, 6.45) is 1.03. The number of hydrogen-bond acceptors (Lipinski definition) is 4. The van der Waals surface area contributed by atoms with Gasteiger partial charge in [-0.2, -0.15) is 0 Å². The van der Waals surface area contributed by atoms with Crippen LogP contribution >= 0.6 is 12.6 Å². The van der Waals surface area contributed by atoms with Crippen molar-refractivity contribution in [1.29, 1.82) is 0 Å². The van der Waals surface area contributed by atoms with E-state index in [4.69, 9.17) is 4.74 Å². The molecule has 0 aliphatic carbocycles. The van der Waals surface area contributed by atoms with Crippen LogP contribution in [0.1, 0.15) is 30.0 Å². The van der Waals surface area contributed by atoms with Crippen molar-refractivity contribution in [3.63, 3.8) is 0 Å². The zero-order valence-corrected chi connectivity index (χ0v) is 10.9. The van der Waals surface area contributed by atoms with Crippen LogP contribution in [0.2, 0.25) is 0 Å². The molecular formula is C12H18N2OS. The van der Waals surface area contributed by atoms with Crippen molar-refractivity contribution in [3.8, 4) is 0 Å². The lowest BCUT2D eigenvalue weighted by molar-refractivity contribution is 0.113. The van der Waals surface area contributed by atoms with Gasteiger partial charge in [0, 0.05) is 37.2 Å². The molecule has 4 heteroatoms. The van der Waals surface area contributed by atoms with Crippen LogP contribution in [0.3, 0.4) is 0 Å². The molecule has 0 radical (unpaired) electrons. The molecule has 0 bridgehead atoms. The van der Waals surface area contributed by atoms with Gasteiger partial charge in [-0.25, -0.2) is 0 Å². The molecule has 3 nitrogen and oxygen atoms in total. The van der Waals surface area contributed by atoms with Crippen molar-refractivity contribution in [2.45, 2.75) is 30.9 Å². The number of ether oxygens (including phenoxy) is 1. The van der Waals surface area contributed by atoms with Crippen LogP contribution in [0.4, 0.5) is 0 Å². The summed E-state index contributed by atoms with van der Waals surface area (Å²) in [6, 6.07) is 2.13. The van der Waals surface area contributed by atoms with E-state index in [0.717, 1.165) is 30.1 Å². The highest BCUT2D eigenvalue weighted by Gasteiger charge is 2.18. The molecule has 0 saturated heterocycles. The first-order valence-electron chi connectivity index (χ1n) is 5.54. The third-order valence-electron chi connectivity index (χ3n) is 3.11. The Kier molecular flexibility index (Phi) is 3.52. The van der Waals surface area contributed by atoms with Gasteiger partial charge in [-0.15, -0.1) is 12.6 Å². The van der Waals surface area contributed by atoms with E-state index in [1.165, 1.54) is 11.3 Å². The van der Waals surface area contributed by atoms with E-state index < -0.39 is 0 Å². The predicted molar refractivity (Wildman–Crippen MR) is 67.0 cm³/mol. The highest BCUT2D eigenvalue weighted by atomic mass is 32.1. The van der Waals surface area contributed by atoms with Crippen LogP contribution in [0.15, 0.2) is 11.0 Å². The van der Waals surface area contributed by atoms with E-state index in [-0.39, 0.29) is 6.10 Å². The summed E-state index contributed by atoms with van der Waals surface area (Å²) in [5.41, 5.74) is 3.45. The monoisotopic (exact) mass is 238 g/mol. The molecule has 88 valence electrons. The molecule has 0 N–H and O–H groups in total. The number of thiol groups is 1. The first-order valence-corrected chi connectivity index (χ1v) is 5.99. The number of methoxy groups -OCH3 is 1. The summed E-state index contributed by atoms with van der Waals surface area (Å²) in [5, 5.41) is 0. The third kappa shape index (κ3) is 2.24. The Morgan fingerprint density at radius 1 is 1.56 bits per heavy atom. The molecular weight excluding hydrogens is 220 g/mol. The van der Waals surface area contributed by atoms with Crippen LogP contribution in [0, 0.1) is 0 Å². The first kappa shape index (κ1) is 11.9. The highest BCUT2D eigenvalue weighted by Crippen LogP contribution is 2.26. The molecule has 1 aliphatic rings. The van der Waals surface area contributed by atoms with E-state index in [9.17, 15) is 0 Å². The molecule has 16 heavy (non-hydrogen) atoms. The quantitative estimate of drug-likeness (QED) is 0.799. The summed E-state index contributed by atoms with van der Waals surface area (Å²) < 4.78 is 5.31. The van der Waals surface area contributed by atoms with Gasteiger partial charge in [-0.3, -0.25) is 4.98 Å². The third-order valence-corrected chi connectivity index (χ3v) is 3.47. The van der Waals surface area contributed by atoms with Crippen LogP contribution < -0.4 is 0 Å². The molecule has 1 aromatic rings. The van der Waals surface area contributed by atoms with Gasteiger partial charge >= 0.3 is 0 Å². The average molecular weight is 238 g/mol. The van der Waals surface area contributed by atoms with E-state index in [0.29, 0.717) is 0 Å². The molecule has 1 unspecified atom stereocenters. The van der Waals surface area contributed by atoms with Crippen molar-refractivity contribution in [2.24, 2.45) is 0 Å². The van der Waals surface area contributed by atoms with Gasteiger partial charge in [0.2, 0.25) is 0 Å². The van der Waals surface area contributed by atoms with Crippen molar-refractivity contribution >= 4 is 12.6 Å². The standard InChI is InChI=1S/C12H18N2OS/c1-8(15-3)12-11(16)6-9-7-14(2)5-4-10(9)13-12/h6,8,16H,4-5,7H2,1-3H3. The first-order chi connectivity index (χ1) is 7.61. The smallest absolute Gasteiger partial charge is 0.0974 e. The zero-order chi connectivity index (χ0) is 11.7. The van der Waals surface area contributed by atoms with E-state index in [1.54, 1.807) is 7.11 Å². The molecule has 0 spiro atoms. The molecule has 0 amide bonds. The second kappa shape index (κ2) is 4.73. The van der Waals surface area contributed by atoms with Gasteiger partial charge in [-0.05, 0) is 25.6 Å². The average Bonchev–Trinajstić information content (AvgIpc) is 2.27. The van der Waals surface area contributed by atoms with Crippen LogP contribution in [-0.4, -0.2) is 30.6 Å². The number of nitrogens with zero attached hydrogens (tertiary/aromatic N) is 2. The van der Waals surface area contributed by atoms with Crippen molar-refractivity contribution in [3.05, 3.63) is 23.0 Å². The minimum Gasteiger partial charge on any atom is -0.375 e. The lowest BCUT2D eigenvalue weighted by Gasteiger charge is -2.25. The maximum Gasteiger partial charge on any atom is 0.0974 e. The number of aromatic nitrogens is 1. The summed E-state index contributed by atoms with van der Waals surface area (Å²) in [4.78, 5) is 7.93. The number of hydrogen-bond donors (Lipinski definition) is 1. The Labute approximate surface area is 102 Å². The van der Waals surface area contributed by atoms with Crippen LogP contribution in [0.5, 0.6) is 0 Å². The summed E-state index contributed by atoms with van der Waals surface area (Å²) >= 11 is 4.49. The molecule has 2 heterocycles. The fourth-order valence-electron chi connectivity index (χ4n) is 2.03. The number of rotatable bonds is 2. The Hall–Kier alpha value is -0.580. The summed E-state index contributed by atoms with van der Waals surface area (Å²) in [7, 11) is 3.83. The Bertz CT molecular complexity index is 395. The fourth-order valence-corrected chi connectivity index (χ4v) is 2.42. The van der Waals surface area contributed by atoms with Gasteiger partial charge in [0.05, 0.1) is 11.8 Å². The van der Waals surface area contributed by atoms with Gasteiger partial charge < -0.3 is 9.64 Å². The second-order valence-electron chi connectivity index (χ2n) is 4.36. The molecule has 1 atom stereocenters. The predicted octanol–water partition coefficient (Wildman–Crippen LogP) is 2.07. The maximum atomic E-state index is 5.31. The fraction of sp³-hybridized carbons (Fsp3) is 0.583.